The number of urea groups is 1. The molecule has 408 valence electrons. The van der Waals surface area contributed by atoms with Crippen LogP contribution in [0.1, 0.15) is 63.4 Å². The van der Waals surface area contributed by atoms with Gasteiger partial charge >= 0.3 is 41.8 Å². The van der Waals surface area contributed by atoms with Crippen LogP contribution in [-0.2, 0) is 49.6 Å². The van der Waals surface area contributed by atoms with Gasteiger partial charge in [0.15, 0.2) is 0 Å². The van der Waals surface area contributed by atoms with Gasteiger partial charge in [-0.15, -0.1) is 0 Å². The third-order valence-electron chi connectivity index (χ3n) is 13.1. The highest BCUT2D eigenvalue weighted by molar-refractivity contribution is 5.90. The first kappa shape index (κ1) is 59.6. The zero-order chi connectivity index (χ0) is 54.2. The monoisotopic (exact) mass is 1040 g/mol. The van der Waals surface area contributed by atoms with Crippen molar-refractivity contribution in [3.05, 3.63) is 48.0 Å². The summed E-state index contributed by atoms with van der Waals surface area (Å²) in [5, 5.41) is 71.4. The van der Waals surface area contributed by atoms with Crippen molar-refractivity contribution in [2.45, 2.75) is 82.3 Å². The summed E-state index contributed by atoms with van der Waals surface area (Å²) in [5.41, 5.74) is 0.803. The second-order valence-corrected chi connectivity index (χ2v) is 18.9. The predicted molar refractivity (Wildman–Crippen MR) is 265 cm³/mol. The highest BCUT2D eigenvalue weighted by Crippen LogP contribution is 2.29. The number of aliphatic carboxylic acids is 6. The van der Waals surface area contributed by atoms with Crippen LogP contribution < -0.4 is 26.6 Å². The Morgan fingerprint density at radius 2 is 1.03 bits per heavy atom. The topological polar surface area (TPSA) is 365 Å². The summed E-state index contributed by atoms with van der Waals surface area (Å²) in [6, 6.07) is 8.44. The molecule has 2 fully saturated rings. The Kier molecular flexibility index (Phi) is 24.9. The van der Waals surface area contributed by atoms with Gasteiger partial charge < -0.3 is 57.2 Å². The van der Waals surface area contributed by atoms with Crippen LogP contribution >= 0.6 is 0 Å². The number of hydrogen-bond donors (Lipinski definition) is 11. The second-order valence-electron chi connectivity index (χ2n) is 18.9. The number of carboxylic acid groups (broad SMARTS) is 6. The van der Waals surface area contributed by atoms with E-state index in [0.29, 0.717) is 45.3 Å². The van der Waals surface area contributed by atoms with Crippen molar-refractivity contribution in [3.8, 4) is 0 Å². The molecular formula is C49H71N9O16. The molecule has 2 aliphatic rings. The lowest BCUT2D eigenvalue weighted by Gasteiger charge is -2.33. The van der Waals surface area contributed by atoms with Gasteiger partial charge in [0.1, 0.15) is 18.1 Å². The first-order valence-corrected chi connectivity index (χ1v) is 24.9. The van der Waals surface area contributed by atoms with E-state index in [2.05, 4.69) is 26.6 Å². The molecule has 5 amide bonds. The zero-order valence-electron chi connectivity index (χ0n) is 41.5. The molecule has 74 heavy (non-hydrogen) atoms. The number of amides is 5. The molecule has 1 heterocycles. The largest absolute Gasteiger partial charge is 0.481 e. The van der Waals surface area contributed by atoms with E-state index >= 15 is 0 Å². The number of nitrogens with zero attached hydrogens (tertiary/aromatic N) is 4. The molecule has 3 atom stereocenters. The quantitative estimate of drug-likeness (QED) is 0.0508. The Morgan fingerprint density at radius 3 is 1.53 bits per heavy atom. The number of carbonyl (C=O) groups is 10. The summed E-state index contributed by atoms with van der Waals surface area (Å²) >= 11 is 0. The van der Waals surface area contributed by atoms with E-state index < -0.39 is 84.6 Å². The Morgan fingerprint density at radius 1 is 0.527 bits per heavy atom. The summed E-state index contributed by atoms with van der Waals surface area (Å²) < 4.78 is 0. The third-order valence-corrected chi connectivity index (χ3v) is 13.1. The molecule has 1 saturated heterocycles. The smallest absolute Gasteiger partial charge is 0.326 e. The van der Waals surface area contributed by atoms with E-state index in [9.17, 15) is 73.5 Å². The molecule has 0 unspecified atom stereocenters. The molecule has 0 aromatic heterocycles. The van der Waals surface area contributed by atoms with Gasteiger partial charge in [0.25, 0.3) is 0 Å². The number of rotatable bonds is 27. The minimum absolute atomic E-state index is 0.0283. The Bertz CT molecular complexity index is 2230. The maximum absolute atomic E-state index is 13.8. The first-order valence-electron chi connectivity index (χ1n) is 24.9. The van der Waals surface area contributed by atoms with Crippen molar-refractivity contribution < 1.29 is 78.6 Å². The van der Waals surface area contributed by atoms with Crippen molar-refractivity contribution in [2.24, 2.45) is 11.8 Å². The van der Waals surface area contributed by atoms with Crippen LogP contribution in [0.3, 0.4) is 0 Å². The number of carboxylic acids is 6. The van der Waals surface area contributed by atoms with Crippen molar-refractivity contribution in [3.63, 3.8) is 0 Å². The molecule has 1 aliphatic carbocycles. The molecule has 2 aromatic rings. The molecule has 1 saturated carbocycles. The molecule has 1 aliphatic heterocycles. The molecular weight excluding hydrogens is 971 g/mol. The predicted octanol–water partition coefficient (Wildman–Crippen LogP) is -0.378. The van der Waals surface area contributed by atoms with Gasteiger partial charge in [-0.05, 0) is 73.6 Å². The van der Waals surface area contributed by atoms with Crippen LogP contribution in [0.4, 0.5) is 4.79 Å². The lowest BCUT2D eigenvalue weighted by Crippen LogP contribution is -2.51. The fourth-order valence-corrected chi connectivity index (χ4v) is 8.98. The fraction of sp³-hybridized carbons (Fsp3) is 0.592. The van der Waals surface area contributed by atoms with Crippen LogP contribution in [0.15, 0.2) is 42.5 Å². The van der Waals surface area contributed by atoms with Gasteiger partial charge in [0.05, 0.1) is 26.2 Å². The lowest BCUT2D eigenvalue weighted by molar-refractivity contribution is -0.141. The van der Waals surface area contributed by atoms with Crippen molar-refractivity contribution >= 4 is 70.3 Å². The summed E-state index contributed by atoms with van der Waals surface area (Å²) in [6.45, 7) is 1.73. The number of carbonyl (C=O) groups excluding carboxylic acids is 4. The van der Waals surface area contributed by atoms with Gasteiger partial charge in [-0.3, -0.25) is 53.2 Å². The van der Waals surface area contributed by atoms with Crippen molar-refractivity contribution in [1.29, 1.82) is 0 Å². The molecule has 25 nitrogen and oxygen atoms in total. The molecule has 0 bridgehead atoms. The Balaban J connectivity index is 1.30. The summed E-state index contributed by atoms with van der Waals surface area (Å²) in [6.07, 6.45) is 1.91. The van der Waals surface area contributed by atoms with E-state index in [-0.39, 0.29) is 115 Å². The molecule has 2 aromatic carbocycles. The minimum Gasteiger partial charge on any atom is -0.481 e. The zero-order valence-corrected chi connectivity index (χ0v) is 41.5. The van der Waals surface area contributed by atoms with Crippen LogP contribution in [0, 0.1) is 11.8 Å². The van der Waals surface area contributed by atoms with E-state index in [1.165, 1.54) is 0 Å². The normalized spacial score (nSPS) is 18.8. The molecule has 11 N–H and O–H groups in total. The van der Waals surface area contributed by atoms with Gasteiger partial charge in [-0.1, -0.05) is 42.5 Å². The van der Waals surface area contributed by atoms with Crippen LogP contribution in [-0.4, -0.2) is 220 Å². The molecule has 4 rings (SSSR count). The van der Waals surface area contributed by atoms with E-state index in [0.717, 1.165) is 16.3 Å². The van der Waals surface area contributed by atoms with Crippen molar-refractivity contribution in [1.82, 2.24) is 46.2 Å². The van der Waals surface area contributed by atoms with Crippen LogP contribution in [0.2, 0.25) is 0 Å². The highest BCUT2D eigenvalue weighted by atomic mass is 16.4. The van der Waals surface area contributed by atoms with E-state index in [1.54, 1.807) is 14.7 Å². The van der Waals surface area contributed by atoms with E-state index in [4.69, 9.17) is 5.11 Å². The highest BCUT2D eigenvalue weighted by Gasteiger charge is 2.31. The Hall–Kier alpha value is -6.96. The second kappa shape index (κ2) is 30.9. The average molecular weight is 1040 g/mol. The first-order chi connectivity index (χ1) is 35.2. The third kappa shape index (κ3) is 22.4. The number of nitrogens with one attached hydrogen (secondary N) is 5. The molecule has 0 radical (unpaired) electrons. The molecule has 0 spiro atoms. The number of benzene rings is 2. The van der Waals surface area contributed by atoms with E-state index in [1.807, 2.05) is 47.4 Å². The average Bonchev–Trinajstić information content (AvgIpc) is 3.34. The standard InChI is InChI=1S/C49H71N9O16/c59-40(28-55-17-19-56(29-42(62)63)21-23-58(31-44(66)67)24-22-57(20-18-55)30-43(64)65)51-27-32-8-12-35(13-9-32)45(68)52-39(26-33-10-11-34-5-1-2-6-36(34)25-33)46(69)50-16-4-3-7-37(47(70)71)53-49(74)54-38(48(72)73)14-15-41(60)61/h1-2,5-6,10-11,25,32,35,37-39H,3-4,7-9,12-24,26-31H2,(H,50,69)(H,51,59)(H,52,68)(H,60,61)(H,62,63)(H,64,65)(H,66,67)(H,70,71)(H,72,73)(H2,53,54,74)/t32?,35?,37-,38-,39+/m0/s1. The maximum atomic E-state index is 13.8. The summed E-state index contributed by atoms with van der Waals surface area (Å²) in [5.74, 6) is -8.66. The van der Waals surface area contributed by atoms with Crippen LogP contribution in [0.25, 0.3) is 10.8 Å². The number of fused-ring (bicyclic) bond motifs is 1. The minimum atomic E-state index is -1.55. The fourth-order valence-electron chi connectivity index (χ4n) is 8.98. The summed E-state index contributed by atoms with van der Waals surface area (Å²) in [7, 11) is 0. The SMILES string of the molecule is O=C(O)CC[C@H](NC(=O)N[C@@H](CCCCNC(=O)[C@@H](Cc1ccc2ccccc2c1)NC(=O)C1CCC(CNC(=O)CN2CCN(CC(=O)O)CCN(CC(=O)O)CCN(CC(=O)O)CC2)CC1)C(=O)O)C(=O)O. The van der Waals surface area contributed by atoms with Gasteiger partial charge in [0, 0.05) is 84.2 Å². The van der Waals surface area contributed by atoms with Gasteiger partial charge in [-0.25, -0.2) is 14.4 Å². The molecule has 25 heteroatoms. The lowest BCUT2D eigenvalue weighted by atomic mass is 9.81. The summed E-state index contributed by atoms with van der Waals surface area (Å²) in [4.78, 5) is 129. The van der Waals surface area contributed by atoms with Gasteiger partial charge in [0.2, 0.25) is 17.7 Å². The number of hydrogen-bond acceptors (Lipinski definition) is 14. The van der Waals surface area contributed by atoms with Crippen LogP contribution in [0.5, 0.6) is 0 Å². The Labute approximate surface area is 428 Å². The van der Waals surface area contributed by atoms with Gasteiger partial charge in [-0.2, -0.15) is 0 Å². The van der Waals surface area contributed by atoms with Crippen molar-refractivity contribution in [2.75, 3.05) is 91.6 Å². The number of unbranched alkanes of at least 4 members (excludes halogenated alkanes) is 1. The maximum Gasteiger partial charge on any atom is 0.326 e.